The zero-order valence-electron chi connectivity index (χ0n) is 12.1. The Morgan fingerprint density at radius 2 is 2.14 bits per heavy atom. The fourth-order valence-electron chi connectivity index (χ4n) is 1.71. The number of nitrogens with two attached hydrogens (primary N) is 1. The predicted octanol–water partition coefficient (Wildman–Crippen LogP) is 0.199. The number of pyridine rings is 1. The van der Waals surface area contributed by atoms with Crippen LogP contribution < -0.4 is 11.1 Å². The van der Waals surface area contributed by atoms with Gasteiger partial charge in [0.05, 0.1) is 12.2 Å². The highest BCUT2D eigenvalue weighted by Crippen LogP contribution is 2.10. The Hall–Kier alpha value is -2.39. The molecule has 1 rings (SSSR count). The van der Waals surface area contributed by atoms with Crippen LogP contribution in [-0.4, -0.2) is 34.1 Å². The van der Waals surface area contributed by atoms with Gasteiger partial charge in [-0.3, -0.25) is 14.6 Å². The lowest BCUT2D eigenvalue weighted by molar-refractivity contribution is -0.119. The van der Waals surface area contributed by atoms with Crippen LogP contribution in [0.5, 0.6) is 0 Å². The van der Waals surface area contributed by atoms with E-state index in [9.17, 15) is 9.59 Å². The molecule has 0 bridgehead atoms. The van der Waals surface area contributed by atoms with E-state index in [0.29, 0.717) is 17.5 Å². The Kier molecular flexibility index (Phi) is 5.88. The number of hydrogen-bond donors (Lipinski definition) is 3. The number of carbonyl (C=O) groups is 2. The van der Waals surface area contributed by atoms with Crippen LogP contribution in [0.2, 0.25) is 0 Å². The molecule has 0 spiro atoms. The molecule has 1 aromatic heterocycles. The number of aliphatic hydroxyl groups excluding tert-OH is 1. The van der Waals surface area contributed by atoms with E-state index in [2.05, 4.69) is 22.1 Å². The highest BCUT2D eigenvalue weighted by atomic mass is 16.2. The standard InChI is InChI=1S/C15H19N3O3/c1-15(2,8-13(16)20)18-14(21)12-7-11(9-17-10-12)5-3-4-6-19/h7,9-10,19H,4,6,8H2,1-2H3,(H2,16,20)(H,18,21). The molecule has 0 aliphatic rings. The van der Waals surface area contributed by atoms with Gasteiger partial charge in [-0.05, 0) is 19.9 Å². The molecule has 21 heavy (non-hydrogen) atoms. The molecule has 112 valence electrons. The van der Waals surface area contributed by atoms with Crippen LogP contribution >= 0.6 is 0 Å². The van der Waals surface area contributed by atoms with Crippen LogP contribution in [0.1, 0.15) is 42.6 Å². The molecule has 6 heteroatoms. The third-order valence-electron chi connectivity index (χ3n) is 2.54. The van der Waals surface area contributed by atoms with Gasteiger partial charge in [0.2, 0.25) is 5.91 Å². The maximum Gasteiger partial charge on any atom is 0.253 e. The normalized spacial score (nSPS) is 10.4. The summed E-state index contributed by atoms with van der Waals surface area (Å²) < 4.78 is 0. The summed E-state index contributed by atoms with van der Waals surface area (Å²) in [5.74, 6) is 4.74. The van der Waals surface area contributed by atoms with Gasteiger partial charge in [0.1, 0.15) is 0 Å². The van der Waals surface area contributed by atoms with Crippen LogP contribution in [0.25, 0.3) is 0 Å². The van der Waals surface area contributed by atoms with Gasteiger partial charge < -0.3 is 16.2 Å². The maximum atomic E-state index is 12.1. The molecular weight excluding hydrogens is 270 g/mol. The Bertz CT molecular complexity index is 585. The van der Waals surface area contributed by atoms with E-state index < -0.39 is 11.4 Å². The summed E-state index contributed by atoms with van der Waals surface area (Å²) in [6.45, 7) is 3.42. The largest absolute Gasteiger partial charge is 0.395 e. The molecule has 0 aliphatic heterocycles. The average molecular weight is 289 g/mol. The van der Waals surface area contributed by atoms with E-state index in [4.69, 9.17) is 10.8 Å². The van der Waals surface area contributed by atoms with Crippen molar-refractivity contribution in [3.63, 3.8) is 0 Å². The smallest absolute Gasteiger partial charge is 0.253 e. The molecule has 0 aromatic carbocycles. The predicted molar refractivity (Wildman–Crippen MR) is 78.2 cm³/mol. The Morgan fingerprint density at radius 1 is 1.43 bits per heavy atom. The first kappa shape index (κ1) is 16.7. The van der Waals surface area contributed by atoms with Gasteiger partial charge in [0.15, 0.2) is 0 Å². The molecule has 0 radical (unpaired) electrons. The molecule has 6 nitrogen and oxygen atoms in total. The van der Waals surface area contributed by atoms with Crippen molar-refractivity contribution in [3.8, 4) is 11.8 Å². The van der Waals surface area contributed by atoms with Crippen LogP contribution in [0.3, 0.4) is 0 Å². The van der Waals surface area contributed by atoms with Crippen molar-refractivity contribution < 1.29 is 14.7 Å². The van der Waals surface area contributed by atoms with Crippen LogP contribution in [-0.2, 0) is 4.79 Å². The average Bonchev–Trinajstić information content (AvgIpc) is 2.37. The Balaban J connectivity index is 2.82. The van der Waals surface area contributed by atoms with Gasteiger partial charge in [-0.15, -0.1) is 0 Å². The van der Waals surface area contributed by atoms with Crippen molar-refractivity contribution in [1.29, 1.82) is 0 Å². The summed E-state index contributed by atoms with van der Waals surface area (Å²) >= 11 is 0. The van der Waals surface area contributed by atoms with Crippen LogP contribution in [0.15, 0.2) is 18.5 Å². The van der Waals surface area contributed by atoms with E-state index in [1.54, 1.807) is 19.9 Å². The van der Waals surface area contributed by atoms with E-state index in [0.717, 1.165) is 0 Å². The molecule has 0 aliphatic carbocycles. The minimum absolute atomic E-state index is 0.0120. The molecule has 1 heterocycles. The number of aromatic nitrogens is 1. The van der Waals surface area contributed by atoms with Gasteiger partial charge in [-0.2, -0.15) is 0 Å². The van der Waals surface area contributed by atoms with Gasteiger partial charge in [0.25, 0.3) is 5.91 Å². The second-order valence-electron chi connectivity index (χ2n) is 5.22. The fraction of sp³-hybridized carbons (Fsp3) is 0.400. The lowest BCUT2D eigenvalue weighted by atomic mass is 9.99. The molecule has 0 fully saturated rings. The number of rotatable bonds is 5. The third-order valence-corrected chi connectivity index (χ3v) is 2.54. The molecule has 2 amide bonds. The van der Waals surface area contributed by atoms with E-state index >= 15 is 0 Å². The van der Waals surface area contributed by atoms with E-state index in [1.165, 1.54) is 12.4 Å². The molecule has 1 aromatic rings. The number of amides is 2. The van der Waals surface area contributed by atoms with E-state index in [-0.39, 0.29) is 18.9 Å². The van der Waals surface area contributed by atoms with Crippen molar-refractivity contribution >= 4 is 11.8 Å². The summed E-state index contributed by atoms with van der Waals surface area (Å²) in [6, 6.07) is 1.60. The van der Waals surface area contributed by atoms with Crippen molar-refractivity contribution in [2.75, 3.05) is 6.61 Å². The molecule has 4 N–H and O–H groups in total. The number of nitrogens with zero attached hydrogens (tertiary/aromatic N) is 1. The highest BCUT2D eigenvalue weighted by Gasteiger charge is 2.23. The van der Waals surface area contributed by atoms with E-state index in [1.807, 2.05) is 0 Å². The highest BCUT2D eigenvalue weighted by molar-refractivity contribution is 5.95. The minimum Gasteiger partial charge on any atom is -0.395 e. The van der Waals surface area contributed by atoms with Crippen LogP contribution in [0.4, 0.5) is 0 Å². The maximum absolute atomic E-state index is 12.1. The number of hydrogen-bond acceptors (Lipinski definition) is 4. The monoisotopic (exact) mass is 289 g/mol. The second-order valence-corrected chi connectivity index (χ2v) is 5.22. The van der Waals surface area contributed by atoms with Gasteiger partial charge in [0, 0.05) is 36.3 Å². The number of aliphatic hydroxyl groups is 1. The first-order chi connectivity index (χ1) is 9.84. The zero-order valence-corrected chi connectivity index (χ0v) is 12.1. The Morgan fingerprint density at radius 3 is 2.76 bits per heavy atom. The molecular formula is C15H19N3O3. The first-order valence-electron chi connectivity index (χ1n) is 6.49. The van der Waals surface area contributed by atoms with Gasteiger partial charge >= 0.3 is 0 Å². The molecule has 0 atom stereocenters. The van der Waals surface area contributed by atoms with Crippen LogP contribution in [0, 0.1) is 11.8 Å². The second kappa shape index (κ2) is 7.41. The summed E-state index contributed by atoms with van der Waals surface area (Å²) in [6.07, 6.45) is 3.37. The van der Waals surface area contributed by atoms with Gasteiger partial charge in [-0.25, -0.2) is 0 Å². The lowest BCUT2D eigenvalue weighted by Crippen LogP contribution is -2.46. The number of primary amides is 1. The molecule has 0 saturated heterocycles. The SMILES string of the molecule is CC(C)(CC(N)=O)NC(=O)c1cncc(C#CCCO)c1. The van der Waals surface area contributed by atoms with Crippen molar-refractivity contribution in [1.82, 2.24) is 10.3 Å². The summed E-state index contributed by atoms with van der Waals surface area (Å²) in [5, 5.41) is 11.4. The summed E-state index contributed by atoms with van der Waals surface area (Å²) in [5.41, 5.74) is 5.35. The number of nitrogens with one attached hydrogen (secondary N) is 1. The molecule has 0 unspecified atom stereocenters. The summed E-state index contributed by atoms with van der Waals surface area (Å²) in [4.78, 5) is 27.0. The lowest BCUT2D eigenvalue weighted by Gasteiger charge is -2.24. The van der Waals surface area contributed by atoms with Crippen molar-refractivity contribution in [2.24, 2.45) is 5.73 Å². The van der Waals surface area contributed by atoms with Crippen molar-refractivity contribution in [2.45, 2.75) is 32.2 Å². The molecule has 0 saturated carbocycles. The first-order valence-corrected chi connectivity index (χ1v) is 6.49. The van der Waals surface area contributed by atoms with Crippen molar-refractivity contribution in [3.05, 3.63) is 29.6 Å². The minimum atomic E-state index is -0.735. The topological polar surface area (TPSA) is 105 Å². The van der Waals surface area contributed by atoms with Gasteiger partial charge in [-0.1, -0.05) is 11.8 Å². The number of carbonyl (C=O) groups excluding carboxylic acids is 2. The zero-order chi connectivity index (χ0) is 15.9. The fourth-order valence-corrected chi connectivity index (χ4v) is 1.71. The quantitative estimate of drug-likeness (QED) is 0.673. The Labute approximate surface area is 123 Å². The third kappa shape index (κ3) is 6.06. The summed E-state index contributed by atoms with van der Waals surface area (Å²) in [7, 11) is 0.